The lowest BCUT2D eigenvalue weighted by Crippen LogP contribution is -2.47. The number of nitrogens with zero attached hydrogens (tertiary/aromatic N) is 1. The van der Waals surface area contributed by atoms with Crippen LogP contribution in [0.2, 0.25) is 0 Å². The smallest absolute Gasteiger partial charge is 0.179 e. The summed E-state index contributed by atoms with van der Waals surface area (Å²) in [5.74, 6) is -0.600. The summed E-state index contributed by atoms with van der Waals surface area (Å²) in [6.07, 6.45) is 0.935. The Morgan fingerprint density at radius 1 is 1.50 bits per heavy atom. The number of hydrogen-bond acceptors (Lipinski definition) is 3. The minimum atomic E-state index is -0.441. The summed E-state index contributed by atoms with van der Waals surface area (Å²) in [4.78, 5) is 14.2. The van der Waals surface area contributed by atoms with Crippen LogP contribution in [0.5, 0.6) is 0 Å². The van der Waals surface area contributed by atoms with Crippen LogP contribution in [0.4, 0.5) is 4.39 Å². The molecule has 0 saturated carbocycles. The third kappa shape index (κ3) is 2.94. The molecule has 2 rings (SSSR count). The lowest BCUT2D eigenvalue weighted by molar-refractivity contribution is -0.00590. The Balaban J connectivity index is 2.04. The second-order valence-electron chi connectivity index (χ2n) is 4.51. The fourth-order valence-electron chi connectivity index (χ4n) is 2.23. The molecule has 0 N–H and O–H groups in total. The van der Waals surface area contributed by atoms with Gasteiger partial charge in [0, 0.05) is 12.6 Å². The zero-order chi connectivity index (χ0) is 13.0. The number of morpholine rings is 1. The maximum Gasteiger partial charge on any atom is 0.179 e. The maximum atomic E-state index is 13.5. The highest BCUT2D eigenvalue weighted by Crippen LogP contribution is 2.13. The molecular formula is C14H18FNO2. The van der Waals surface area contributed by atoms with E-state index in [0.29, 0.717) is 13.2 Å². The van der Waals surface area contributed by atoms with Gasteiger partial charge in [0.1, 0.15) is 5.82 Å². The van der Waals surface area contributed by atoms with Crippen LogP contribution in [0.25, 0.3) is 0 Å². The number of carbonyl (C=O) groups is 1. The van der Waals surface area contributed by atoms with Crippen LogP contribution in [0.15, 0.2) is 24.3 Å². The minimum Gasteiger partial charge on any atom is -0.378 e. The molecule has 4 heteroatoms. The number of ketones is 1. The molecule has 1 heterocycles. The second-order valence-corrected chi connectivity index (χ2v) is 4.51. The number of Topliss-reactive ketones (excluding diaryl/α,β-unsaturated/α-hetero) is 1. The lowest BCUT2D eigenvalue weighted by Gasteiger charge is -2.34. The predicted molar refractivity (Wildman–Crippen MR) is 67.2 cm³/mol. The summed E-state index contributed by atoms with van der Waals surface area (Å²) in [7, 11) is 0. The molecule has 1 fully saturated rings. The minimum absolute atomic E-state index is 0.159. The lowest BCUT2D eigenvalue weighted by atomic mass is 10.1. The Labute approximate surface area is 107 Å². The molecule has 0 spiro atoms. The first-order valence-corrected chi connectivity index (χ1v) is 6.32. The van der Waals surface area contributed by atoms with Crippen molar-refractivity contribution in [2.45, 2.75) is 19.4 Å². The summed E-state index contributed by atoms with van der Waals surface area (Å²) in [5.41, 5.74) is 0.179. The van der Waals surface area contributed by atoms with E-state index >= 15 is 0 Å². The van der Waals surface area contributed by atoms with Gasteiger partial charge in [0.25, 0.3) is 0 Å². The summed E-state index contributed by atoms with van der Waals surface area (Å²) in [6.45, 7) is 4.36. The first kappa shape index (κ1) is 13.2. The van der Waals surface area contributed by atoms with Gasteiger partial charge in [-0.2, -0.15) is 0 Å². The van der Waals surface area contributed by atoms with Crippen molar-refractivity contribution in [2.24, 2.45) is 0 Å². The molecular weight excluding hydrogens is 233 g/mol. The highest BCUT2D eigenvalue weighted by atomic mass is 19.1. The second kappa shape index (κ2) is 6.07. The van der Waals surface area contributed by atoms with Crippen LogP contribution in [-0.2, 0) is 4.74 Å². The predicted octanol–water partition coefficient (Wildman–Crippen LogP) is 2.12. The van der Waals surface area contributed by atoms with E-state index < -0.39 is 5.82 Å². The van der Waals surface area contributed by atoms with Gasteiger partial charge in [-0.25, -0.2) is 4.39 Å². The van der Waals surface area contributed by atoms with Crippen molar-refractivity contribution in [3.8, 4) is 0 Å². The zero-order valence-electron chi connectivity index (χ0n) is 10.6. The third-order valence-electron chi connectivity index (χ3n) is 3.34. The summed E-state index contributed by atoms with van der Waals surface area (Å²) in [5, 5.41) is 0. The zero-order valence-corrected chi connectivity index (χ0v) is 10.6. The van der Waals surface area contributed by atoms with Crippen LogP contribution in [-0.4, -0.2) is 43.0 Å². The van der Waals surface area contributed by atoms with Crippen molar-refractivity contribution in [2.75, 3.05) is 26.3 Å². The monoisotopic (exact) mass is 251 g/mol. The van der Waals surface area contributed by atoms with Crippen molar-refractivity contribution in [3.05, 3.63) is 35.6 Å². The molecule has 1 atom stereocenters. The van der Waals surface area contributed by atoms with Gasteiger partial charge >= 0.3 is 0 Å². The summed E-state index contributed by atoms with van der Waals surface area (Å²) < 4.78 is 18.9. The van der Waals surface area contributed by atoms with Gasteiger partial charge in [0.2, 0.25) is 0 Å². The standard InChI is InChI=1S/C14H18FNO2/c1-2-11-10-18-8-7-16(11)9-14(17)12-5-3-4-6-13(12)15/h3-6,11H,2,7-10H2,1H3. The summed E-state index contributed by atoms with van der Waals surface area (Å²) >= 11 is 0. The molecule has 0 aromatic heterocycles. The molecule has 98 valence electrons. The molecule has 0 amide bonds. The van der Waals surface area contributed by atoms with E-state index in [-0.39, 0.29) is 23.9 Å². The quantitative estimate of drug-likeness (QED) is 0.768. The SMILES string of the molecule is CCC1COCCN1CC(=O)c1ccccc1F. The van der Waals surface area contributed by atoms with E-state index in [1.807, 2.05) is 0 Å². The van der Waals surface area contributed by atoms with E-state index in [1.165, 1.54) is 6.07 Å². The first-order valence-electron chi connectivity index (χ1n) is 6.32. The number of rotatable bonds is 4. The van der Waals surface area contributed by atoms with Crippen molar-refractivity contribution in [1.82, 2.24) is 4.90 Å². The van der Waals surface area contributed by atoms with Crippen molar-refractivity contribution < 1.29 is 13.9 Å². The normalized spacial score (nSPS) is 20.9. The fourth-order valence-corrected chi connectivity index (χ4v) is 2.23. The number of ether oxygens (including phenoxy) is 1. The first-order chi connectivity index (χ1) is 8.72. The van der Waals surface area contributed by atoms with E-state index in [2.05, 4.69) is 11.8 Å². The van der Waals surface area contributed by atoms with E-state index in [9.17, 15) is 9.18 Å². The van der Waals surface area contributed by atoms with Crippen LogP contribution in [0, 0.1) is 5.82 Å². The van der Waals surface area contributed by atoms with Gasteiger partial charge in [-0.3, -0.25) is 9.69 Å². The number of halogens is 1. The van der Waals surface area contributed by atoms with Gasteiger partial charge in [-0.05, 0) is 18.6 Å². The fraction of sp³-hybridized carbons (Fsp3) is 0.500. The molecule has 1 aliphatic rings. The van der Waals surface area contributed by atoms with E-state index in [0.717, 1.165) is 13.0 Å². The molecule has 1 saturated heterocycles. The number of benzene rings is 1. The number of hydrogen-bond donors (Lipinski definition) is 0. The molecule has 1 aliphatic heterocycles. The van der Waals surface area contributed by atoms with Crippen molar-refractivity contribution in [1.29, 1.82) is 0 Å². The van der Waals surface area contributed by atoms with E-state index in [1.54, 1.807) is 18.2 Å². The van der Waals surface area contributed by atoms with E-state index in [4.69, 9.17) is 4.74 Å². The van der Waals surface area contributed by atoms with Gasteiger partial charge in [-0.1, -0.05) is 19.1 Å². The Bertz CT molecular complexity index is 422. The molecule has 0 radical (unpaired) electrons. The average Bonchev–Trinajstić information content (AvgIpc) is 2.39. The largest absolute Gasteiger partial charge is 0.378 e. The van der Waals surface area contributed by atoms with Gasteiger partial charge in [-0.15, -0.1) is 0 Å². The maximum absolute atomic E-state index is 13.5. The van der Waals surface area contributed by atoms with Gasteiger partial charge < -0.3 is 4.74 Å². The van der Waals surface area contributed by atoms with Gasteiger partial charge in [0.05, 0.1) is 25.3 Å². The molecule has 0 aliphatic carbocycles. The topological polar surface area (TPSA) is 29.5 Å². The van der Waals surface area contributed by atoms with Crippen LogP contribution < -0.4 is 0 Å². The Kier molecular flexibility index (Phi) is 4.44. The van der Waals surface area contributed by atoms with Crippen LogP contribution in [0.3, 0.4) is 0 Å². The van der Waals surface area contributed by atoms with Crippen molar-refractivity contribution >= 4 is 5.78 Å². The van der Waals surface area contributed by atoms with Crippen LogP contribution in [0.1, 0.15) is 23.7 Å². The highest BCUT2D eigenvalue weighted by molar-refractivity contribution is 5.97. The third-order valence-corrected chi connectivity index (χ3v) is 3.34. The average molecular weight is 251 g/mol. The van der Waals surface area contributed by atoms with Crippen LogP contribution >= 0.6 is 0 Å². The number of carbonyl (C=O) groups excluding carboxylic acids is 1. The Morgan fingerprint density at radius 2 is 2.28 bits per heavy atom. The molecule has 1 unspecified atom stereocenters. The molecule has 1 aromatic rings. The molecule has 3 nitrogen and oxygen atoms in total. The highest BCUT2D eigenvalue weighted by Gasteiger charge is 2.24. The molecule has 18 heavy (non-hydrogen) atoms. The molecule has 1 aromatic carbocycles. The summed E-state index contributed by atoms with van der Waals surface area (Å²) in [6, 6.07) is 6.40. The van der Waals surface area contributed by atoms with Crippen molar-refractivity contribution in [3.63, 3.8) is 0 Å². The Morgan fingerprint density at radius 3 is 3.00 bits per heavy atom. The van der Waals surface area contributed by atoms with Gasteiger partial charge in [0.15, 0.2) is 5.78 Å². The Hall–Kier alpha value is -1.26. The molecule has 0 bridgehead atoms.